The van der Waals surface area contributed by atoms with E-state index < -0.39 is 55.6 Å². The first-order chi connectivity index (χ1) is 39.1. The van der Waals surface area contributed by atoms with Gasteiger partial charge in [0.1, 0.15) is 11.5 Å². The van der Waals surface area contributed by atoms with E-state index in [2.05, 4.69) is 10.6 Å². The Bertz CT molecular complexity index is 3120. The van der Waals surface area contributed by atoms with Crippen LogP contribution in [-0.4, -0.2) is 123 Å². The zero-order valence-electron chi connectivity index (χ0n) is 47.2. The Hall–Kier alpha value is -6.51. The van der Waals surface area contributed by atoms with Crippen molar-refractivity contribution in [1.29, 1.82) is 0 Å². The van der Waals surface area contributed by atoms with Crippen molar-refractivity contribution in [3.05, 3.63) is 137 Å². The number of carbonyl (C=O) groups is 4. The number of ether oxygens (including phenoxy) is 3. The highest BCUT2D eigenvalue weighted by Crippen LogP contribution is 2.61. The number of carbonyl (C=O) groups excluding carboxylic acids is 4. The Morgan fingerprint density at radius 3 is 1.81 bits per heavy atom. The molecule has 18 heteroatoms. The molecule has 1 spiro atoms. The van der Waals surface area contributed by atoms with Gasteiger partial charge in [0.15, 0.2) is 5.60 Å². The third kappa shape index (κ3) is 11.3. The van der Waals surface area contributed by atoms with E-state index in [1.54, 1.807) is 32.7 Å². The van der Waals surface area contributed by atoms with E-state index in [4.69, 9.17) is 14.2 Å². The molecule has 0 aliphatic carbocycles. The molecule has 1 fully saturated rings. The average molecular weight is 1130 g/mol. The minimum atomic E-state index is -3.78. The molecule has 5 aromatic carbocycles. The fraction of sp³-hybridized carbons (Fsp3) is 0.460. The molecule has 7 atom stereocenters. The molecule has 430 valence electrons. The highest BCUT2D eigenvalue weighted by atomic mass is 28.4. The molecule has 5 aromatic rings. The first kappa shape index (κ1) is 57.7. The van der Waals surface area contributed by atoms with Crippen molar-refractivity contribution in [3.8, 4) is 11.5 Å². The lowest BCUT2D eigenvalue weighted by Gasteiger charge is -2.37. The molecule has 0 radical (unpaired) electrons. The van der Waals surface area contributed by atoms with Crippen molar-refractivity contribution in [2.24, 2.45) is 5.92 Å². The monoisotopic (exact) mass is 1120 g/mol. The Labute approximate surface area is 475 Å². The fourth-order valence-electron chi connectivity index (χ4n) is 13.2. The van der Waals surface area contributed by atoms with Gasteiger partial charge in [0.2, 0.25) is 26.1 Å². The number of unbranched alkanes of at least 4 members (excludes halogenated alkanes) is 2. The van der Waals surface area contributed by atoms with Gasteiger partial charge in [-0.3, -0.25) is 29.0 Å². The molecule has 0 aromatic heterocycles. The second kappa shape index (κ2) is 24.5. The van der Waals surface area contributed by atoms with Crippen LogP contribution in [0.3, 0.4) is 0 Å². The summed E-state index contributed by atoms with van der Waals surface area (Å²) in [6, 6.07) is 30.6. The van der Waals surface area contributed by atoms with Crippen molar-refractivity contribution in [3.63, 3.8) is 0 Å². The predicted octanol–water partition coefficient (Wildman–Crippen LogP) is 8.04. The van der Waals surface area contributed by atoms with Crippen LogP contribution in [0.4, 0.5) is 32.5 Å². The molecule has 4 amide bonds. The van der Waals surface area contributed by atoms with Gasteiger partial charge in [-0.1, -0.05) is 43.3 Å². The number of aliphatic hydroxyl groups excluding tert-OH is 3. The molecular formula is C63H77FN6O10Si. The zero-order valence-corrected chi connectivity index (χ0v) is 48.2. The summed E-state index contributed by atoms with van der Waals surface area (Å²) >= 11 is 0. The number of rotatable bonds is 22. The Morgan fingerprint density at radius 1 is 0.704 bits per heavy atom. The fourth-order valence-corrected chi connectivity index (χ4v) is 15.7. The first-order valence-corrected chi connectivity index (χ1v) is 31.9. The topological polar surface area (TPSA) is 194 Å². The SMILES string of the molecule is CCOc1ccc2c(c1)CC(NCCCCO)C(=O)N2c1ccc(CN2C(=O)[C@]3(O[C@H](CC(=O)N4Cc5ccccc5C[C@H]4CO)[C@@H]([Si](C)(C)F)[C@@H]3C)c3cc(N4C(=O)C(NCCCCO)Cc5cc(OCC)ccc54)ccc32)cc1. The minimum absolute atomic E-state index is 0.0381. The minimum Gasteiger partial charge on any atom is -0.494 e. The van der Waals surface area contributed by atoms with Gasteiger partial charge in [0, 0.05) is 48.2 Å². The number of fused-ring (bicyclic) bond motifs is 5. The third-order valence-corrected chi connectivity index (χ3v) is 19.5. The molecule has 5 aliphatic rings. The van der Waals surface area contributed by atoms with E-state index in [-0.39, 0.29) is 57.1 Å². The van der Waals surface area contributed by atoms with Crippen LogP contribution in [0.15, 0.2) is 103 Å². The van der Waals surface area contributed by atoms with Crippen LogP contribution in [0.25, 0.3) is 0 Å². The maximum Gasteiger partial charge on any atom is 0.264 e. The van der Waals surface area contributed by atoms with E-state index in [1.807, 2.05) is 124 Å². The van der Waals surface area contributed by atoms with Crippen molar-refractivity contribution in [1.82, 2.24) is 15.5 Å². The molecule has 5 aliphatic heterocycles. The molecule has 2 unspecified atom stereocenters. The highest BCUT2D eigenvalue weighted by Gasteiger charge is 2.67. The second-order valence-corrected chi connectivity index (χ2v) is 26.4. The van der Waals surface area contributed by atoms with Gasteiger partial charge in [-0.25, -0.2) is 0 Å². The lowest BCUT2D eigenvalue weighted by atomic mass is 9.82. The van der Waals surface area contributed by atoms with Gasteiger partial charge in [-0.15, -0.1) is 0 Å². The molecule has 10 rings (SSSR count). The molecule has 1 saturated heterocycles. The first-order valence-electron chi connectivity index (χ1n) is 28.9. The maximum absolute atomic E-state index is 17.4. The Balaban J connectivity index is 1.03. The Morgan fingerprint density at radius 2 is 1.26 bits per heavy atom. The van der Waals surface area contributed by atoms with Crippen LogP contribution in [0.1, 0.15) is 86.3 Å². The molecule has 16 nitrogen and oxygen atoms in total. The summed E-state index contributed by atoms with van der Waals surface area (Å²) in [5.41, 5.74) is 5.47. The maximum atomic E-state index is 17.4. The lowest BCUT2D eigenvalue weighted by molar-refractivity contribution is -0.151. The zero-order chi connectivity index (χ0) is 57.2. The van der Waals surface area contributed by atoms with Crippen molar-refractivity contribution < 1.29 is 52.8 Å². The normalized spacial score (nSPS) is 23.2. The quantitative estimate of drug-likeness (QED) is 0.0255. The number of amides is 4. The summed E-state index contributed by atoms with van der Waals surface area (Å²) in [6.07, 6.45) is 2.67. The number of aliphatic hydroxyl groups is 3. The number of hydrogen-bond acceptors (Lipinski definition) is 12. The van der Waals surface area contributed by atoms with Crippen LogP contribution >= 0.6 is 0 Å². The van der Waals surface area contributed by atoms with E-state index in [0.717, 1.165) is 33.5 Å². The van der Waals surface area contributed by atoms with Crippen LogP contribution < -0.4 is 34.8 Å². The standard InChI is InChI=1S/C63H77FN6O10Si/c1-6-78-49-21-24-54-44(31-49)33-52(65-26-10-12-28-71)60(75)69(54)46-18-16-41(17-19-46)37-68-56-23-20-47(70-55-25-22-50(79-7-2)32-45(55)34-53(61(70)76)66-27-11-13-29-72)35-51(56)63(62(68)77)40(3)59(81(4,5)64)57(80-63)36-58(74)67-38-43-15-9-8-14-42(43)30-48(67)39-73/h8-9,14-25,31-32,35,40,48,52-53,57,59,65-66,71-73H,6-7,10-13,26-30,33-34,36-39H2,1-5H3/t40-,48-,52?,53?,57+,59-,63+/m0/s1. The number of benzene rings is 5. The predicted molar refractivity (Wildman–Crippen MR) is 311 cm³/mol. The number of nitrogens with zero attached hydrogens (tertiary/aromatic N) is 4. The van der Waals surface area contributed by atoms with Gasteiger partial charge in [0.25, 0.3) is 5.91 Å². The van der Waals surface area contributed by atoms with Crippen molar-refractivity contribution in [2.45, 2.75) is 134 Å². The van der Waals surface area contributed by atoms with Crippen molar-refractivity contribution in [2.75, 3.05) is 60.8 Å². The van der Waals surface area contributed by atoms with E-state index in [1.165, 1.54) is 0 Å². The highest BCUT2D eigenvalue weighted by molar-refractivity contribution is 6.72. The average Bonchev–Trinajstić information content (AvgIpc) is 4.06. The van der Waals surface area contributed by atoms with E-state index in [0.29, 0.717) is 111 Å². The van der Waals surface area contributed by atoms with Gasteiger partial charge in [-0.2, -0.15) is 0 Å². The molecular weight excluding hydrogens is 1050 g/mol. The largest absolute Gasteiger partial charge is 0.494 e. The van der Waals surface area contributed by atoms with Crippen LogP contribution in [0.2, 0.25) is 18.6 Å². The third-order valence-electron chi connectivity index (χ3n) is 17.0. The summed E-state index contributed by atoms with van der Waals surface area (Å²) in [5.74, 6) is -0.446. The van der Waals surface area contributed by atoms with E-state index in [9.17, 15) is 29.7 Å². The summed E-state index contributed by atoms with van der Waals surface area (Å²) in [7, 11) is -3.78. The van der Waals surface area contributed by atoms with Crippen molar-refractivity contribution >= 4 is 60.5 Å². The van der Waals surface area contributed by atoms with Crippen LogP contribution in [-0.2, 0) is 61.9 Å². The van der Waals surface area contributed by atoms with E-state index >= 15 is 8.90 Å². The number of nitrogens with one attached hydrogen (secondary N) is 2. The Kier molecular flexibility index (Phi) is 17.5. The number of halogens is 1. The van der Waals surface area contributed by atoms with Gasteiger partial charge in [0.05, 0.1) is 74.1 Å². The number of anilines is 5. The molecule has 5 N–H and O–H groups in total. The molecule has 5 heterocycles. The molecule has 0 saturated carbocycles. The van der Waals surface area contributed by atoms with Gasteiger partial charge < -0.3 is 54.1 Å². The second-order valence-electron chi connectivity index (χ2n) is 22.6. The molecule has 81 heavy (non-hydrogen) atoms. The molecule has 0 bridgehead atoms. The number of hydrogen-bond donors (Lipinski definition) is 5. The van der Waals surface area contributed by atoms with Crippen LogP contribution in [0.5, 0.6) is 11.5 Å². The van der Waals surface area contributed by atoms with Crippen LogP contribution in [0, 0.1) is 5.92 Å². The lowest BCUT2D eigenvalue weighted by Crippen LogP contribution is -2.49. The summed E-state index contributed by atoms with van der Waals surface area (Å²) < 4.78 is 36.4. The van der Waals surface area contributed by atoms with Gasteiger partial charge >= 0.3 is 0 Å². The smallest absolute Gasteiger partial charge is 0.264 e. The van der Waals surface area contributed by atoms with Gasteiger partial charge in [-0.05, 0) is 180 Å². The summed E-state index contributed by atoms with van der Waals surface area (Å²) in [6.45, 7) is 11.1. The summed E-state index contributed by atoms with van der Waals surface area (Å²) in [4.78, 5) is 66.8. The summed E-state index contributed by atoms with van der Waals surface area (Å²) in [5, 5.41) is 36.4.